The van der Waals surface area contributed by atoms with Crippen molar-refractivity contribution in [2.24, 2.45) is 17.8 Å². The summed E-state index contributed by atoms with van der Waals surface area (Å²) in [5, 5.41) is 10.7. The van der Waals surface area contributed by atoms with E-state index < -0.39 is 97.5 Å². The first-order chi connectivity index (χ1) is 52.3. The Labute approximate surface area is 664 Å². The van der Waals surface area contributed by atoms with Gasteiger partial charge in [0.25, 0.3) is 0 Å². The summed E-state index contributed by atoms with van der Waals surface area (Å²) in [6.45, 7) is 12.1. The highest BCUT2D eigenvalue weighted by atomic mass is 31.2. The van der Waals surface area contributed by atoms with E-state index in [2.05, 4.69) is 48.5 Å². The van der Waals surface area contributed by atoms with Gasteiger partial charge >= 0.3 is 39.5 Å². The molecule has 17 nitrogen and oxygen atoms in total. The van der Waals surface area contributed by atoms with Gasteiger partial charge in [-0.15, -0.1) is 0 Å². The molecule has 0 aliphatic carbocycles. The van der Waals surface area contributed by atoms with E-state index in [1.165, 1.54) is 283 Å². The highest BCUT2D eigenvalue weighted by Gasteiger charge is 2.31. The van der Waals surface area contributed by atoms with Crippen molar-refractivity contribution in [3.63, 3.8) is 0 Å². The summed E-state index contributed by atoms with van der Waals surface area (Å²) in [5.74, 6) is 0.428. The molecule has 0 spiro atoms. The zero-order valence-electron chi connectivity index (χ0n) is 71.3. The van der Waals surface area contributed by atoms with Gasteiger partial charge in [-0.3, -0.25) is 37.3 Å². The van der Waals surface area contributed by atoms with E-state index >= 15 is 0 Å². The molecule has 0 rings (SSSR count). The molecule has 0 fully saturated rings. The summed E-state index contributed by atoms with van der Waals surface area (Å²) < 4.78 is 68.9. The highest BCUT2D eigenvalue weighted by Crippen LogP contribution is 2.45. The molecule has 0 radical (unpaired) electrons. The minimum Gasteiger partial charge on any atom is -0.462 e. The van der Waals surface area contributed by atoms with E-state index in [4.69, 9.17) is 37.0 Å². The summed E-state index contributed by atoms with van der Waals surface area (Å²) >= 11 is 0. The molecule has 0 heterocycles. The molecule has 108 heavy (non-hydrogen) atoms. The van der Waals surface area contributed by atoms with Crippen molar-refractivity contribution in [2.75, 3.05) is 39.6 Å². The second-order valence-electron chi connectivity index (χ2n) is 32.9. The molecule has 19 heteroatoms. The topological polar surface area (TPSA) is 237 Å². The van der Waals surface area contributed by atoms with E-state index in [9.17, 15) is 43.2 Å². The summed E-state index contributed by atoms with van der Waals surface area (Å²) in [4.78, 5) is 73.3. The zero-order chi connectivity index (χ0) is 79.3. The van der Waals surface area contributed by atoms with Crippen LogP contribution < -0.4 is 0 Å². The maximum Gasteiger partial charge on any atom is 0.472 e. The van der Waals surface area contributed by atoms with Gasteiger partial charge in [0.1, 0.15) is 19.3 Å². The van der Waals surface area contributed by atoms with Crippen LogP contribution in [0.15, 0.2) is 0 Å². The fraction of sp³-hybridized carbons (Fsp3) is 0.955. The highest BCUT2D eigenvalue weighted by molar-refractivity contribution is 7.47. The molecule has 0 aromatic carbocycles. The molecule has 7 atom stereocenters. The van der Waals surface area contributed by atoms with Crippen molar-refractivity contribution in [2.45, 2.75) is 491 Å². The molecule has 0 saturated heterocycles. The van der Waals surface area contributed by atoms with Crippen molar-refractivity contribution in [1.82, 2.24) is 0 Å². The number of carbonyl (C=O) groups excluding carboxylic acids is 4. The van der Waals surface area contributed by atoms with Gasteiger partial charge in [-0.1, -0.05) is 421 Å². The summed E-state index contributed by atoms with van der Waals surface area (Å²) in [5.41, 5.74) is 0. The van der Waals surface area contributed by atoms with Crippen molar-refractivity contribution in [3.05, 3.63) is 0 Å². The van der Waals surface area contributed by atoms with Gasteiger partial charge in [-0.25, -0.2) is 9.13 Å². The Morgan fingerprint density at radius 1 is 0.269 bits per heavy atom. The first kappa shape index (κ1) is 106. The van der Waals surface area contributed by atoms with Crippen LogP contribution in [-0.2, 0) is 65.4 Å². The lowest BCUT2D eigenvalue weighted by molar-refractivity contribution is -0.161. The Balaban J connectivity index is 5.21. The third kappa shape index (κ3) is 79.3. The van der Waals surface area contributed by atoms with Gasteiger partial charge in [0.15, 0.2) is 12.2 Å². The third-order valence-corrected chi connectivity index (χ3v) is 23.5. The molecule has 0 saturated carbocycles. The van der Waals surface area contributed by atoms with Crippen LogP contribution in [0.4, 0.5) is 0 Å². The number of aliphatic hydroxyl groups is 1. The molecule has 0 aliphatic rings. The van der Waals surface area contributed by atoms with Crippen molar-refractivity contribution < 1.29 is 80.2 Å². The van der Waals surface area contributed by atoms with Crippen LogP contribution in [0.1, 0.15) is 472 Å². The van der Waals surface area contributed by atoms with Gasteiger partial charge in [-0.05, 0) is 43.4 Å². The van der Waals surface area contributed by atoms with E-state index in [-0.39, 0.29) is 25.7 Å². The zero-order valence-corrected chi connectivity index (χ0v) is 73.1. The lowest BCUT2D eigenvalue weighted by Crippen LogP contribution is -2.30. The molecule has 3 N–H and O–H groups in total. The molecular weight excluding hydrogens is 1400 g/mol. The van der Waals surface area contributed by atoms with E-state index in [0.717, 1.165) is 108 Å². The fourth-order valence-electron chi connectivity index (χ4n) is 13.8. The quantitative estimate of drug-likeness (QED) is 0.0222. The molecule has 0 aromatic rings. The Hall–Kier alpha value is -1.94. The maximum atomic E-state index is 13.2. The molecule has 4 unspecified atom stereocenters. The predicted octanol–water partition coefficient (Wildman–Crippen LogP) is 27.3. The number of esters is 4. The minimum atomic E-state index is -4.97. The number of unbranched alkanes of at least 4 members (excludes halogenated alkanes) is 53. The SMILES string of the molecule is CCCCCCCCCCCC(=O)OC[C@H](COP(=O)(O)OC[C@H](O)COP(=O)(O)OC[C@@H](COC(=O)CCCCCCCCCCCCCCCCCCC(C)C)OC(=O)CCCCCCCCCCCCCCCCCCCCC(C)CC)OC(=O)CCCCCCCCCCCCCCCCC(C)CC. The van der Waals surface area contributed by atoms with Crippen LogP contribution in [0.5, 0.6) is 0 Å². The minimum absolute atomic E-state index is 0.108. The number of hydrogen-bond donors (Lipinski definition) is 3. The monoisotopic (exact) mass is 1580 g/mol. The van der Waals surface area contributed by atoms with E-state index in [1.807, 2.05) is 0 Å². The van der Waals surface area contributed by atoms with E-state index in [1.54, 1.807) is 0 Å². The number of aliphatic hydroxyl groups excluding tert-OH is 1. The molecule has 0 bridgehead atoms. The number of carbonyl (C=O) groups is 4. The average Bonchev–Trinajstić information content (AvgIpc) is 0.902. The summed E-state index contributed by atoms with van der Waals surface area (Å²) in [6.07, 6.45) is 70.8. The van der Waals surface area contributed by atoms with Crippen LogP contribution in [0, 0.1) is 17.8 Å². The second-order valence-corrected chi connectivity index (χ2v) is 35.9. The van der Waals surface area contributed by atoms with Gasteiger partial charge in [0.05, 0.1) is 26.4 Å². The number of hydrogen-bond acceptors (Lipinski definition) is 15. The summed E-state index contributed by atoms with van der Waals surface area (Å²) in [7, 11) is -9.93. The van der Waals surface area contributed by atoms with Crippen molar-refractivity contribution >= 4 is 39.5 Å². The normalized spacial score (nSPS) is 14.3. The second kappa shape index (κ2) is 78.9. The van der Waals surface area contributed by atoms with Crippen LogP contribution in [0.2, 0.25) is 0 Å². The molecular formula is C89H174O17P2. The van der Waals surface area contributed by atoms with Gasteiger partial charge < -0.3 is 33.8 Å². The number of rotatable bonds is 87. The Bertz CT molecular complexity index is 2080. The third-order valence-electron chi connectivity index (χ3n) is 21.6. The lowest BCUT2D eigenvalue weighted by Gasteiger charge is -2.21. The summed E-state index contributed by atoms with van der Waals surface area (Å²) in [6, 6.07) is 0. The van der Waals surface area contributed by atoms with Crippen LogP contribution in [-0.4, -0.2) is 96.7 Å². The van der Waals surface area contributed by atoms with Crippen LogP contribution in [0.3, 0.4) is 0 Å². The van der Waals surface area contributed by atoms with Crippen LogP contribution >= 0.6 is 15.6 Å². The van der Waals surface area contributed by atoms with Gasteiger partial charge in [0, 0.05) is 25.7 Å². The maximum absolute atomic E-state index is 13.2. The van der Waals surface area contributed by atoms with Crippen LogP contribution in [0.25, 0.3) is 0 Å². The Kier molecular flexibility index (Phi) is 77.5. The predicted molar refractivity (Wildman–Crippen MR) is 446 cm³/mol. The number of phosphoric ester groups is 2. The first-order valence-electron chi connectivity index (χ1n) is 45.9. The van der Waals surface area contributed by atoms with E-state index in [0.29, 0.717) is 25.7 Å². The largest absolute Gasteiger partial charge is 0.472 e. The first-order valence-corrected chi connectivity index (χ1v) is 48.9. The Morgan fingerprint density at radius 3 is 0.704 bits per heavy atom. The fourth-order valence-corrected chi connectivity index (χ4v) is 15.4. The van der Waals surface area contributed by atoms with Crippen molar-refractivity contribution in [1.29, 1.82) is 0 Å². The van der Waals surface area contributed by atoms with Crippen molar-refractivity contribution in [3.8, 4) is 0 Å². The molecule has 0 aliphatic heterocycles. The standard InChI is InChI=1S/C89H174O17P2/c1-8-11-12-13-14-39-49-56-63-70-86(91)99-76-84(105-88(93)73-66-59-52-45-38-32-26-25-29-35-42-48-55-62-69-82(7)10-3)78-103-107(95,96)101-74-83(90)75-102-108(97,98)104-79-85(77-100-87(92)71-64-57-50-43-36-30-23-20-19-21-27-33-40-46-53-60-67-80(4)5)106-89(94)72-65-58-51-44-37-31-24-18-16-15-17-22-28-34-41-47-54-61-68-81(6)9-2/h80-85,90H,8-79H2,1-7H3,(H,95,96)(H,97,98)/t81?,82?,83-,84+,85+/m0/s1. The smallest absolute Gasteiger partial charge is 0.462 e. The Morgan fingerprint density at radius 2 is 0.472 bits per heavy atom. The molecule has 642 valence electrons. The van der Waals surface area contributed by atoms with Gasteiger partial charge in [0.2, 0.25) is 0 Å². The lowest BCUT2D eigenvalue weighted by atomic mass is 9.99. The number of phosphoric acid groups is 2. The van der Waals surface area contributed by atoms with Gasteiger partial charge in [-0.2, -0.15) is 0 Å². The average molecular weight is 1580 g/mol. The molecule has 0 amide bonds. The molecule has 0 aromatic heterocycles. The number of ether oxygens (including phenoxy) is 4.